The standard InChI is InChI=1S/C19H28N2O6S/c1-12(2)9-17(19(23)24)20-18(22)15-5-7-16(8-6-15)28(25,26)21-10-13(3)27-14(4)11-21/h5-8,12-14,17H,9-11H2,1-4H3,(H,20,22)(H,23,24). The number of carboxylic acid groups (broad SMARTS) is 1. The molecular weight excluding hydrogens is 384 g/mol. The second-order valence-corrected chi connectivity index (χ2v) is 9.54. The van der Waals surface area contributed by atoms with Gasteiger partial charge in [-0.1, -0.05) is 13.8 Å². The zero-order chi connectivity index (χ0) is 21.1. The monoisotopic (exact) mass is 412 g/mol. The first kappa shape index (κ1) is 22.3. The third-order valence-corrected chi connectivity index (χ3v) is 6.30. The highest BCUT2D eigenvalue weighted by molar-refractivity contribution is 7.89. The van der Waals surface area contributed by atoms with Gasteiger partial charge < -0.3 is 15.2 Å². The first-order valence-corrected chi connectivity index (χ1v) is 10.7. The third kappa shape index (κ3) is 5.52. The molecule has 156 valence electrons. The lowest BCUT2D eigenvalue weighted by Gasteiger charge is -2.34. The fourth-order valence-corrected chi connectivity index (χ4v) is 4.78. The van der Waals surface area contributed by atoms with Gasteiger partial charge in [0.05, 0.1) is 17.1 Å². The van der Waals surface area contributed by atoms with Crippen molar-refractivity contribution in [3.8, 4) is 0 Å². The summed E-state index contributed by atoms with van der Waals surface area (Å²) in [6.07, 6.45) is -0.0871. The number of benzene rings is 1. The summed E-state index contributed by atoms with van der Waals surface area (Å²) in [5.74, 6) is -1.55. The van der Waals surface area contributed by atoms with E-state index in [1.54, 1.807) is 0 Å². The number of carbonyl (C=O) groups excluding carboxylic acids is 1. The lowest BCUT2D eigenvalue weighted by Crippen LogP contribution is -2.48. The molecule has 28 heavy (non-hydrogen) atoms. The first-order chi connectivity index (χ1) is 13.0. The van der Waals surface area contributed by atoms with E-state index in [9.17, 15) is 23.1 Å². The van der Waals surface area contributed by atoms with Gasteiger partial charge in [0.15, 0.2) is 0 Å². The Labute approximate surface area is 165 Å². The van der Waals surface area contributed by atoms with Crippen molar-refractivity contribution in [1.29, 1.82) is 0 Å². The van der Waals surface area contributed by atoms with Crippen molar-refractivity contribution in [2.45, 2.75) is 57.3 Å². The summed E-state index contributed by atoms with van der Waals surface area (Å²) in [5, 5.41) is 11.7. The highest BCUT2D eigenvalue weighted by Gasteiger charge is 2.32. The Kier molecular flexibility index (Phi) is 7.19. The van der Waals surface area contributed by atoms with Crippen molar-refractivity contribution in [1.82, 2.24) is 9.62 Å². The molecule has 1 aromatic rings. The van der Waals surface area contributed by atoms with Gasteiger partial charge in [0.2, 0.25) is 10.0 Å². The highest BCUT2D eigenvalue weighted by Crippen LogP contribution is 2.21. The number of ether oxygens (including phenoxy) is 1. The molecule has 3 unspecified atom stereocenters. The molecular formula is C19H28N2O6S. The number of carbonyl (C=O) groups is 2. The molecule has 8 nitrogen and oxygen atoms in total. The van der Waals surface area contributed by atoms with Crippen LogP contribution in [0.5, 0.6) is 0 Å². The quantitative estimate of drug-likeness (QED) is 0.705. The molecule has 2 rings (SSSR count). The van der Waals surface area contributed by atoms with E-state index in [0.29, 0.717) is 6.42 Å². The number of aliphatic carboxylic acids is 1. The lowest BCUT2D eigenvalue weighted by molar-refractivity contribution is -0.139. The predicted molar refractivity (Wildman–Crippen MR) is 104 cm³/mol. The van der Waals surface area contributed by atoms with E-state index in [4.69, 9.17) is 4.74 Å². The molecule has 1 amide bonds. The van der Waals surface area contributed by atoms with Crippen LogP contribution in [-0.2, 0) is 19.6 Å². The number of hydrogen-bond acceptors (Lipinski definition) is 5. The van der Waals surface area contributed by atoms with E-state index < -0.39 is 27.9 Å². The van der Waals surface area contributed by atoms with Gasteiger partial charge in [0.1, 0.15) is 6.04 Å². The average molecular weight is 413 g/mol. The van der Waals surface area contributed by atoms with Gasteiger partial charge in [0, 0.05) is 18.7 Å². The molecule has 2 N–H and O–H groups in total. The Morgan fingerprint density at radius 1 is 1.18 bits per heavy atom. The van der Waals surface area contributed by atoms with Crippen LogP contribution in [0.4, 0.5) is 0 Å². The second-order valence-electron chi connectivity index (χ2n) is 7.60. The van der Waals surface area contributed by atoms with Gasteiger partial charge in [-0.2, -0.15) is 4.31 Å². The molecule has 1 heterocycles. The number of morpholine rings is 1. The summed E-state index contributed by atoms with van der Waals surface area (Å²) in [7, 11) is -3.70. The summed E-state index contributed by atoms with van der Waals surface area (Å²) >= 11 is 0. The van der Waals surface area contributed by atoms with Crippen LogP contribution in [-0.4, -0.2) is 61.0 Å². The van der Waals surface area contributed by atoms with Crippen LogP contribution in [0.2, 0.25) is 0 Å². The van der Waals surface area contributed by atoms with E-state index in [1.165, 1.54) is 28.6 Å². The van der Waals surface area contributed by atoms with Crippen LogP contribution in [0.1, 0.15) is 44.5 Å². The van der Waals surface area contributed by atoms with Gasteiger partial charge >= 0.3 is 5.97 Å². The fourth-order valence-electron chi connectivity index (χ4n) is 3.19. The number of nitrogens with one attached hydrogen (secondary N) is 1. The van der Waals surface area contributed by atoms with Gasteiger partial charge in [-0.05, 0) is 50.5 Å². The number of hydrogen-bond donors (Lipinski definition) is 2. The van der Waals surface area contributed by atoms with Crippen molar-refractivity contribution in [2.24, 2.45) is 5.92 Å². The van der Waals surface area contributed by atoms with Crippen molar-refractivity contribution in [3.05, 3.63) is 29.8 Å². The van der Waals surface area contributed by atoms with E-state index in [2.05, 4.69) is 5.32 Å². The number of rotatable bonds is 7. The van der Waals surface area contributed by atoms with E-state index in [0.717, 1.165) is 0 Å². The minimum absolute atomic E-state index is 0.0855. The second kappa shape index (κ2) is 9.02. The van der Waals surface area contributed by atoms with Crippen LogP contribution in [0, 0.1) is 5.92 Å². The molecule has 1 fully saturated rings. The summed E-state index contributed by atoms with van der Waals surface area (Å²) in [5.41, 5.74) is 0.206. The Bertz CT molecular complexity index is 796. The average Bonchev–Trinajstić information content (AvgIpc) is 2.60. The number of nitrogens with zero attached hydrogens (tertiary/aromatic N) is 1. The number of sulfonamides is 1. The van der Waals surface area contributed by atoms with Crippen LogP contribution >= 0.6 is 0 Å². The topological polar surface area (TPSA) is 113 Å². The SMILES string of the molecule is CC(C)CC(NC(=O)c1ccc(S(=O)(=O)N2CC(C)OC(C)C2)cc1)C(=O)O. The van der Waals surface area contributed by atoms with Gasteiger partial charge in [0.25, 0.3) is 5.91 Å². The minimum atomic E-state index is -3.70. The molecule has 1 aliphatic rings. The zero-order valence-corrected chi connectivity index (χ0v) is 17.4. The highest BCUT2D eigenvalue weighted by atomic mass is 32.2. The molecule has 1 aromatic carbocycles. The van der Waals surface area contributed by atoms with Crippen LogP contribution in [0.15, 0.2) is 29.2 Å². The summed E-state index contributed by atoms with van der Waals surface area (Å²) < 4.78 is 32.6. The molecule has 0 saturated carbocycles. The van der Waals surface area contributed by atoms with Crippen molar-refractivity contribution in [3.63, 3.8) is 0 Å². The van der Waals surface area contributed by atoms with Crippen LogP contribution in [0.25, 0.3) is 0 Å². The zero-order valence-electron chi connectivity index (χ0n) is 16.6. The van der Waals surface area contributed by atoms with Crippen molar-refractivity contribution < 1.29 is 27.9 Å². The summed E-state index contributed by atoms with van der Waals surface area (Å²) in [4.78, 5) is 23.7. The predicted octanol–water partition coefficient (Wildman–Crippen LogP) is 1.71. The molecule has 3 atom stereocenters. The van der Waals surface area contributed by atoms with Gasteiger partial charge in [-0.25, -0.2) is 13.2 Å². The maximum Gasteiger partial charge on any atom is 0.326 e. The number of carboxylic acids is 1. The number of amides is 1. The van der Waals surface area contributed by atoms with Crippen molar-refractivity contribution >= 4 is 21.9 Å². The normalized spacial score (nSPS) is 22.0. The van der Waals surface area contributed by atoms with Gasteiger partial charge in [-0.3, -0.25) is 4.79 Å². The smallest absolute Gasteiger partial charge is 0.326 e. The molecule has 0 aliphatic carbocycles. The fraction of sp³-hybridized carbons (Fsp3) is 0.579. The van der Waals surface area contributed by atoms with Crippen molar-refractivity contribution in [2.75, 3.05) is 13.1 Å². The van der Waals surface area contributed by atoms with E-state index in [1.807, 2.05) is 27.7 Å². The van der Waals surface area contributed by atoms with Crippen LogP contribution < -0.4 is 5.32 Å². The van der Waals surface area contributed by atoms with Gasteiger partial charge in [-0.15, -0.1) is 0 Å². The Morgan fingerprint density at radius 3 is 2.18 bits per heavy atom. The Hall–Kier alpha value is -1.97. The molecule has 0 aromatic heterocycles. The first-order valence-electron chi connectivity index (χ1n) is 9.30. The van der Waals surface area contributed by atoms with Crippen LogP contribution in [0.3, 0.4) is 0 Å². The molecule has 9 heteroatoms. The Morgan fingerprint density at radius 2 is 1.71 bits per heavy atom. The maximum atomic E-state index is 12.8. The molecule has 1 aliphatic heterocycles. The Balaban J connectivity index is 2.13. The largest absolute Gasteiger partial charge is 0.480 e. The summed E-state index contributed by atoms with van der Waals surface area (Å²) in [6, 6.07) is 4.53. The summed E-state index contributed by atoms with van der Waals surface area (Å²) in [6.45, 7) is 7.92. The lowest BCUT2D eigenvalue weighted by atomic mass is 10.0. The van der Waals surface area contributed by atoms with E-state index in [-0.39, 0.29) is 41.7 Å². The van der Waals surface area contributed by atoms with E-state index >= 15 is 0 Å². The maximum absolute atomic E-state index is 12.8. The molecule has 1 saturated heterocycles. The molecule has 0 bridgehead atoms. The molecule has 0 radical (unpaired) electrons. The third-order valence-electron chi connectivity index (χ3n) is 4.45. The minimum Gasteiger partial charge on any atom is -0.480 e. The molecule has 0 spiro atoms.